The molecule has 0 aliphatic heterocycles. The Morgan fingerprint density at radius 3 is 2.17 bits per heavy atom. The maximum Gasteiger partial charge on any atom is 0.255 e. The summed E-state index contributed by atoms with van der Waals surface area (Å²) in [4.78, 5) is 12.0. The molecule has 1 amide bonds. The number of nitrogens with one attached hydrogen (secondary N) is 1. The normalized spacial score (nSPS) is 10.7. The van der Waals surface area contributed by atoms with Crippen molar-refractivity contribution in [3.05, 3.63) is 23.8 Å². The fourth-order valence-electron chi connectivity index (χ4n) is 2.65. The summed E-state index contributed by atoms with van der Waals surface area (Å²) in [5, 5.41) is 12.5. The lowest BCUT2D eigenvalue weighted by molar-refractivity contribution is 0.0950. The van der Waals surface area contributed by atoms with Gasteiger partial charge in [0.05, 0.1) is 5.56 Å². The molecule has 23 heavy (non-hydrogen) atoms. The van der Waals surface area contributed by atoms with Crippen LogP contribution in [0.2, 0.25) is 0 Å². The number of aromatic hydroxyl groups is 1. The first-order valence-electron chi connectivity index (χ1n) is 9.02. The number of amides is 1. The molecule has 0 heterocycles. The number of carbonyl (C=O) groups excluding carboxylic acids is 1. The largest absolute Gasteiger partial charge is 0.507 e. The van der Waals surface area contributed by atoms with E-state index in [0.717, 1.165) is 12.8 Å². The van der Waals surface area contributed by atoms with Gasteiger partial charge in [0.1, 0.15) is 5.75 Å². The second-order valence-corrected chi connectivity index (χ2v) is 6.21. The van der Waals surface area contributed by atoms with Gasteiger partial charge in [-0.05, 0) is 24.6 Å². The number of anilines is 1. The van der Waals surface area contributed by atoms with Crippen molar-refractivity contribution in [2.75, 3.05) is 12.3 Å². The highest BCUT2D eigenvalue weighted by Gasteiger charge is 2.10. The molecule has 0 saturated carbocycles. The van der Waals surface area contributed by atoms with Crippen LogP contribution in [-0.2, 0) is 0 Å². The molecular formula is C19H32N2O2. The lowest BCUT2D eigenvalue weighted by Crippen LogP contribution is -2.24. The standard InChI is InChI=1S/C19H32N2O2/c1-2-3-4-5-6-7-8-9-10-11-14-21-19(23)17-15-16(20)12-13-18(17)22/h12-13,15,22H,2-11,14,20H2,1H3,(H,21,23). The lowest BCUT2D eigenvalue weighted by Gasteiger charge is -2.07. The molecule has 4 N–H and O–H groups in total. The summed E-state index contributed by atoms with van der Waals surface area (Å²) in [6.45, 7) is 2.89. The van der Waals surface area contributed by atoms with Crippen molar-refractivity contribution in [3.63, 3.8) is 0 Å². The van der Waals surface area contributed by atoms with Crippen molar-refractivity contribution < 1.29 is 9.90 Å². The number of hydrogen-bond acceptors (Lipinski definition) is 3. The van der Waals surface area contributed by atoms with Crippen molar-refractivity contribution in [2.24, 2.45) is 0 Å². The van der Waals surface area contributed by atoms with Crippen LogP contribution in [0.15, 0.2) is 18.2 Å². The van der Waals surface area contributed by atoms with Gasteiger partial charge in [0, 0.05) is 12.2 Å². The quantitative estimate of drug-likeness (QED) is 0.299. The number of nitrogen functional groups attached to an aromatic ring is 1. The first kappa shape index (κ1) is 19.3. The highest BCUT2D eigenvalue weighted by molar-refractivity contribution is 5.97. The summed E-state index contributed by atoms with van der Waals surface area (Å²) >= 11 is 0. The van der Waals surface area contributed by atoms with E-state index in [9.17, 15) is 9.90 Å². The van der Waals surface area contributed by atoms with Crippen LogP contribution in [0.25, 0.3) is 0 Å². The van der Waals surface area contributed by atoms with Crippen LogP contribution in [-0.4, -0.2) is 17.6 Å². The molecule has 4 heteroatoms. The summed E-state index contributed by atoms with van der Waals surface area (Å²) in [6, 6.07) is 4.53. The van der Waals surface area contributed by atoms with E-state index in [1.54, 1.807) is 6.07 Å². The number of hydrogen-bond donors (Lipinski definition) is 3. The Hall–Kier alpha value is -1.71. The SMILES string of the molecule is CCCCCCCCCCCCNC(=O)c1cc(N)ccc1O. The van der Waals surface area contributed by atoms with Crippen LogP contribution in [0.1, 0.15) is 81.5 Å². The van der Waals surface area contributed by atoms with Crippen LogP contribution >= 0.6 is 0 Å². The molecule has 0 aliphatic carbocycles. The molecule has 4 nitrogen and oxygen atoms in total. The zero-order chi connectivity index (χ0) is 16.9. The second kappa shape index (κ2) is 11.8. The van der Waals surface area contributed by atoms with Gasteiger partial charge in [-0.25, -0.2) is 0 Å². The molecule has 0 aromatic heterocycles. The van der Waals surface area contributed by atoms with Crippen LogP contribution in [0.5, 0.6) is 5.75 Å². The fraction of sp³-hybridized carbons (Fsp3) is 0.632. The molecule has 0 saturated heterocycles. The Bertz CT molecular complexity index is 461. The maximum absolute atomic E-state index is 12.0. The zero-order valence-corrected chi connectivity index (χ0v) is 14.4. The summed E-state index contributed by atoms with van der Waals surface area (Å²) in [7, 11) is 0. The Labute approximate surface area is 140 Å². The summed E-state index contributed by atoms with van der Waals surface area (Å²) in [5.74, 6) is -0.287. The lowest BCUT2D eigenvalue weighted by atomic mass is 10.1. The van der Waals surface area contributed by atoms with Crippen LogP contribution in [0.3, 0.4) is 0 Å². The van der Waals surface area contributed by atoms with Gasteiger partial charge in [-0.3, -0.25) is 4.79 Å². The van der Waals surface area contributed by atoms with Gasteiger partial charge >= 0.3 is 0 Å². The Morgan fingerprint density at radius 2 is 1.57 bits per heavy atom. The number of phenols is 1. The monoisotopic (exact) mass is 320 g/mol. The van der Waals surface area contributed by atoms with Gasteiger partial charge < -0.3 is 16.2 Å². The third-order valence-corrected chi connectivity index (χ3v) is 4.08. The van der Waals surface area contributed by atoms with E-state index in [0.29, 0.717) is 12.2 Å². The van der Waals surface area contributed by atoms with E-state index < -0.39 is 0 Å². The van der Waals surface area contributed by atoms with Crippen molar-refractivity contribution in [1.29, 1.82) is 0 Å². The van der Waals surface area contributed by atoms with E-state index >= 15 is 0 Å². The molecule has 1 aromatic rings. The molecule has 0 radical (unpaired) electrons. The smallest absolute Gasteiger partial charge is 0.255 e. The van der Waals surface area contributed by atoms with Gasteiger partial charge in [-0.15, -0.1) is 0 Å². The highest BCUT2D eigenvalue weighted by atomic mass is 16.3. The van der Waals surface area contributed by atoms with Crippen molar-refractivity contribution in [3.8, 4) is 5.75 Å². The second-order valence-electron chi connectivity index (χ2n) is 6.21. The molecule has 0 atom stereocenters. The molecular weight excluding hydrogens is 288 g/mol. The van der Waals surface area contributed by atoms with Crippen LogP contribution in [0.4, 0.5) is 5.69 Å². The van der Waals surface area contributed by atoms with E-state index in [1.165, 1.54) is 63.5 Å². The summed E-state index contributed by atoms with van der Waals surface area (Å²) in [6.07, 6.45) is 12.7. The Kier molecular flexibility index (Phi) is 9.92. The van der Waals surface area contributed by atoms with Crippen molar-refractivity contribution in [1.82, 2.24) is 5.32 Å². The van der Waals surface area contributed by atoms with Crippen molar-refractivity contribution >= 4 is 11.6 Å². The molecule has 0 spiro atoms. The Balaban J connectivity index is 2.02. The summed E-state index contributed by atoms with van der Waals surface area (Å²) in [5.41, 5.74) is 6.36. The first-order chi connectivity index (χ1) is 11.1. The predicted octanol–water partition coefficient (Wildman–Crippen LogP) is 4.63. The minimum Gasteiger partial charge on any atom is -0.507 e. The third kappa shape index (κ3) is 8.48. The number of phenolic OH excluding ortho intramolecular Hbond substituents is 1. The maximum atomic E-state index is 12.0. The molecule has 0 bridgehead atoms. The van der Waals surface area contributed by atoms with Crippen LogP contribution in [0, 0.1) is 0 Å². The van der Waals surface area contributed by atoms with Crippen molar-refractivity contribution in [2.45, 2.75) is 71.1 Å². The van der Waals surface area contributed by atoms with Gasteiger partial charge in [-0.1, -0.05) is 64.7 Å². The molecule has 0 fully saturated rings. The van der Waals surface area contributed by atoms with E-state index in [2.05, 4.69) is 12.2 Å². The average molecular weight is 320 g/mol. The van der Waals surface area contributed by atoms with Gasteiger partial charge in [-0.2, -0.15) is 0 Å². The van der Waals surface area contributed by atoms with E-state index in [4.69, 9.17) is 5.73 Å². The number of carbonyl (C=O) groups is 1. The Morgan fingerprint density at radius 1 is 1.00 bits per heavy atom. The molecule has 1 rings (SSSR count). The number of unbranched alkanes of at least 4 members (excludes halogenated alkanes) is 9. The minimum absolute atomic E-state index is 0.0280. The third-order valence-electron chi connectivity index (χ3n) is 4.08. The highest BCUT2D eigenvalue weighted by Crippen LogP contribution is 2.19. The average Bonchev–Trinajstić information content (AvgIpc) is 2.54. The molecule has 0 unspecified atom stereocenters. The number of nitrogens with two attached hydrogens (primary N) is 1. The fourth-order valence-corrected chi connectivity index (χ4v) is 2.65. The van der Waals surface area contributed by atoms with E-state index in [-0.39, 0.29) is 17.2 Å². The molecule has 0 aliphatic rings. The van der Waals surface area contributed by atoms with Gasteiger partial charge in [0.15, 0.2) is 0 Å². The first-order valence-corrected chi connectivity index (χ1v) is 9.02. The van der Waals surface area contributed by atoms with Gasteiger partial charge in [0.25, 0.3) is 5.91 Å². The predicted molar refractivity (Wildman–Crippen MR) is 96.7 cm³/mol. The minimum atomic E-state index is -0.259. The number of rotatable bonds is 12. The number of benzene rings is 1. The topological polar surface area (TPSA) is 75.4 Å². The van der Waals surface area contributed by atoms with E-state index in [1.807, 2.05) is 0 Å². The van der Waals surface area contributed by atoms with Gasteiger partial charge in [0.2, 0.25) is 0 Å². The molecule has 1 aromatic carbocycles. The zero-order valence-electron chi connectivity index (χ0n) is 14.4. The summed E-state index contributed by atoms with van der Waals surface area (Å²) < 4.78 is 0. The molecule has 130 valence electrons. The van der Waals surface area contributed by atoms with Crippen LogP contribution < -0.4 is 11.1 Å².